The molecule has 2 aromatic rings. The highest BCUT2D eigenvalue weighted by Gasteiger charge is 2.20. The Morgan fingerprint density at radius 1 is 1.15 bits per heavy atom. The predicted molar refractivity (Wildman–Crippen MR) is 97.2 cm³/mol. The van der Waals surface area contributed by atoms with Gasteiger partial charge in [0, 0.05) is 6.54 Å². The number of benzene rings is 2. The molecule has 8 nitrogen and oxygen atoms in total. The van der Waals surface area contributed by atoms with Crippen molar-refractivity contribution in [3.8, 4) is 0 Å². The van der Waals surface area contributed by atoms with Gasteiger partial charge in [0.05, 0.1) is 31.9 Å². The van der Waals surface area contributed by atoms with E-state index < -0.39 is 21.0 Å². The lowest BCUT2D eigenvalue weighted by Crippen LogP contribution is -2.18. The van der Waals surface area contributed by atoms with E-state index in [-0.39, 0.29) is 22.8 Å². The molecule has 0 aromatic heterocycles. The van der Waals surface area contributed by atoms with Gasteiger partial charge in [-0.3, -0.25) is 4.55 Å². The van der Waals surface area contributed by atoms with Gasteiger partial charge in [0.2, 0.25) is 0 Å². The van der Waals surface area contributed by atoms with Gasteiger partial charge in [-0.25, -0.2) is 9.80 Å². The lowest BCUT2D eigenvalue weighted by Gasteiger charge is -2.18. The van der Waals surface area contributed by atoms with Crippen molar-refractivity contribution in [1.29, 1.82) is 0 Å². The maximum atomic E-state index is 11.5. The summed E-state index contributed by atoms with van der Waals surface area (Å²) < 4.78 is 31.5. The molecule has 0 heterocycles. The minimum absolute atomic E-state index is 0.108. The zero-order chi connectivity index (χ0) is 19.5. The molecule has 0 aliphatic heterocycles. The molecule has 2 N–H and O–H groups in total. The van der Waals surface area contributed by atoms with E-state index in [0.29, 0.717) is 10.7 Å². The van der Waals surface area contributed by atoms with E-state index in [1.807, 2.05) is 0 Å². The first-order chi connectivity index (χ1) is 12.1. The summed E-state index contributed by atoms with van der Waals surface area (Å²) >= 11 is 11.7. The zero-order valence-electron chi connectivity index (χ0n) is 13.3. The van der Waals surface area contributed by atoms with Crippen LogP contribution in [0.3, 0.4) is 0 Å². The second kappa shape index (κ2) is 8.00. The lowest BCUT2D eigenvalue weighted by atomic mass is 10.1. The normalized spacial score (nSPS) is 11.7. The third-order valence-corrected chi connectivity index (χ3v) is 4.83. The van der Waals surface area contributed by atoms with E-state index in [1.165, 1.54) is 23.2 Å². The number of nitrogens with zero attached hydrogens (tertiary/aromatic N) is 3. The van der Waals surface area contributed by atoms with Crippen molar-refractivity contribution >= 4 is 50.7 Å². The SMILES string of the molecule is CCN(N=Nc1ccc(Cl)c(Cl)c1)c1ccc(S(=O)(=O)O)cc1C(=O)O. The number of anilines is 1. The molecule has 0 amide bonds. The molecular formula is C15H13Cl2N3O5S. The number of carboxylic acids is 1. The molecule has 0 aliphatic carbocycles. The molecule has 2 aromatic carbocycles. The van der Waals surface area contributed by atoms with Gasteiger partial charge in [-0.2, -0.15) is 8.42 Å². The highest BCUT2D eigenvalue weighted by molar-refractivity contribution is 7.85. The van der Waals surface area contributed by atoms with Gasteiger partial charge >= 0.3 is 5.97 Å². The van der Waals surface area contributed by atoms with E-state index in [9.17, 15) is 18.3 Å². The quantitative estimate of drug-likeness (QED) is 0.406. The van der Waals surface area contributed by atoms with Gasteiger partial charge in [0.1, 0.15) is 0 Å². The van der Waals surface area contributed by atoms with Gasteiger partial charge in [-0.1, -0.05) is 28.4 Å². The maximum absolute atomic E-state index is 11.5. The van der Waals surface area contributed by atoms with Crippen molar-refractivity contribution in [2.24, 2.45) is 10.3 Å². The monoisotopic (exact) mass is 417 g/mol. The number of rotatable bonds is 6. The third kappa shape index (κ3) is 4.70. The molecule has 0 unspecified atom stereocenters. The number of hydrogen-bond acceptors (Lipinski definition) is 5. The summed E-state index contributed by atoms with van der Waals surface area (Å²) in [6.45, 7) is 1.95. The number of carbonyl (C=O) groups is 1. The van der Waals surface area contributed by atoms with Crippen LogP contribution in [0, 0.1) is 0 Å². The largest absolute Gasteiger partial charge is 0.478 e. The van der Waals surface area contributed by atoms with Crippen LogP contribution in [-0.4, -0.2) is 30.6 Å². The van der Waals surface area contributed by atoms with Crippen LogP contribution in [0.25, 0.3) is 0 Å². The molecule has 0 saturated heterocycles. The average molecular weight is 418 g/mol. The van der Waals surface area contributed by atoms with Crippen LogP contribution >= 0.6 is 23.2 Å². The molecule has 2 rings (SSSR count). The summed E-state index contributed by atoms with van der Waals surface area (Å²) in [5, 5.41) is 19.2. The minimum atomic E-state index is -4.54. The highest BCUT2D eigenvalue weighted by Crippen LogP contribution is 2.28. The first-order valence-electron chi connectivity index (χ1n) is 7.12. The van der Waals surface area contributed by atoms with Crippen LogP contribution in [0.2, 0.25) is 10.0 Å². The van der Waals surface area contributed by atoms with Gasteiger partial charge in [-0.15, -0.1) is 5.11 Å². The predicted octanol–water partition coefficient (Wildman–Crippen LogP) is 4.46. The standard InChI is InChI=1S/C15H13Cl2N3O5S/c1-2-20(19-18-9-3-5-12(16)13(17)7-9)14-6-4-10(26(23,24)25)8-11(14)15(21)22/h3-8H,2H2,1H3,(H,21,22)(H,23,24,25). The first-order valence-corrected chi connectivity index (χ1v) is 9.32. The molecule has 11 heteroatoms. The van der Waals surface area contributed by atoms with Gasteiger partial charge in [0.25, 0.3) is 10.1 Å². The van der Waals surface area contributed by atoms with Crippen molar-refractivity contribution in [2.75, 3.05) is 11.6 Å². The summed E-state index contributed by atoms with van der Waals surface area (Å²) in [5.74, 6) is -1.38. The number of aromatic carboxylic acids is 1. The molecule has 0 fully saturated rings. The smallest absolute Gasteiger partial charge is 0.337 e. The Balaban J connectivity index is 2.44. The molecule has 0 spiro atoms. The van der Waals surface area contributed by atoms with Crippen LogP contribution in [-0.2, 0) is 10.1 Å². The lowest BCUT2D eigenvalue weighted by molar-refractivity contribution is 0.0697. The molecule has 0 radical (unpaired) electrons. The Bertz CT molecular complexity index is 979. The van der Waals surface area contributed by atoms with Crippen molar-refractivity contribution < 1.29 is 22.9 Å². The second-order valence-corrected chi connectivity index (χ2v) is 7.20. The second-order valence-electron chi connectivity index (χ2n) is 4.96. The van der Waals surface area contributed by atoms with Crippen LogP contribution in [0.5, 0.6) is 0 Å². The Kier molecular flexibility index (Phi) is 6.19. The van der Waals surface area contributed by atoms with Crippen molar-refractivity contribution in [3.63, 3.8) is 0 Å². The highest BCUT2D eigenvalue weighted by atomic mass is 35.5. The number of halogens is 2. The van der Waals surface area contributed by atoms with E-state index >= 15 is 0 Å². The fraction of sp³-hybridized carbons (Fsp3) is 0.133. The van der Waals surface area contributed by atoms with E-state index in [2.05, 4.69) is 10.3 Å². The van der Waals surface area contributed by atoms with Gasteiger partial charge in [-0.05, 0) is 43.3 Å². The Morgan fingerprint density at radius 2 is 1.85 bits per heavy atom. The first kappa shape index (κ1) is 20.1. The Labute approximate surface area is 159 Å². The van der Waals surface area contributed by atoms with Crippen LogP contribution in [0.15, 0.2) is 51.6 Å². The van der Waals surface area contributed by atoms with Crippen molar-refractivity contribution in [3.05, 3.63) is 52.0 Å². The van der Waals surface area contributed by atoms with Gasteiger partial charge < -0.3 is 5.11 Å². The summed E-state index contributed by atoms with van der Waals surface area (Å²) in [6.07, 6.45) is 0. The number of hydrogen-bond donors (Lipinski definition) is 2. The van der Waals surface area contributed by atoms with E-state index in [0.717, 1.165) is 12.1 Å². The Morgan fingerprint density at radius 3 is 2.38 bits per heavy atom. The molecule has 0 saturated carbocycles. The minimum Gasteiger partial charge on any atom is -0.478 e. The molecule has 0 aliphatic rings. The van der Waals surface area contributed by atoms with Crippen molar-refractivity contribution in [2.45, 2.75) is 11.8 Å². The third-order valence-electron chi connectivity index (χ3n) is 3.25. The van der Waals surface area contributed by atoms with E-state index in [1.54, 1.807) is 13.0 Å². The summed E-state index contributed by atoms with van der Waals surface area (Å²) in [7, 11) is -4.54. The fourth-order valence-corrected chi connectivity index (χ4v) is 2.81. The molecule has 26 heavy (non-hydrogen) atoms. The summed E-state index contributed by atoms with van der Waals surface area (Å²) in [5.41, 5.74) is 0.149. The van der Waals surface area contributed by atoms with Crippen molar-refractivity contribution in [1.82, 2.24) is 0 Å². The summed E-state index contributed by atoms with van der Waals surface area (Å²) in [6, 6.07) is 7.76. The van der Waals surface area contributed by atoms with E-state index in [4.69, 9.17) is 27.8 Å². The van der Waals surface area contributed by atoms with Crippen LogP contribution < -0.4 is 5.01 Å². The topological polar surface area (TPSA) is 120 Å². The van der Waals surface area contributed by atoms with Crippen LogP contribution in [0.1, 0.15) is 17.3 Å². The fourth-order valence-electron chi connectivity index (χ4n) is 2.01. The molecule has 0 atom stereocenters. The number of carboxylic acid groups (broad SMARTS) is 1. The molecular weight excluding hydrogens is 405 g/mol. The average Bonchev–Trinajstić information content (AvgIpc) is 2.57. The Hall–Kier alpha value is -2.20. The van der Waals surface area contributed by atoms with Crippen LogP contribution in [0.4, 0.5) is 11.4 Å². The molecule has 138 valence electrons. The molecule has 0 bridgehead atoms. The van der Waals surface area contributed by atoms with Gasteiger partial charge in [0.15, 0.2) is 0 Å². The maximum Gasteiger partial charge on any atom is 0.337 e. The zero-order valence-corrected chi connectivity index (χ0v) is 15.6. The summed E-state index contributed by atoms with van der Waals surface area (Å²) in [4.78, 5) is 10.9.